The number of halogens is 2. The van der Waals surface area contributed by atoms with Crippen molar-refractivity contribution in [3.8, 4) is 0 Å². The fraction of sp³-hybridized carbons (Fsp3) is 0.364. The van der Waals surface area contributed by atoms with Gasteiger partial charge in [0.2, 0.25) is 0 Å². The fourth-order valence-corrected chi connectivity index (χ4v) is 1.64. The molecule has 0 aliphatic carbocycles. The maximum Gasteiger partial charge on any atom is 0.253 e. The number of benzene rings is 1. The van der Waals surface area contributed by atoms with Crippen molar-refractivity contribution in [1.29, 1.82) is 0 Å². The van der Waals surface area contributed by atoms with Crippen LogP contribution in [0.3, 0.4) is 0 Å². The first-order valence-corrected chi connectivity index (χ1v) is 5.97. The molecule has 0 aliphatic rings. The van der Waals surface area contributed by atoms with Gasteiger partial charge >= 0.3 is 0 Å². The van der Waals surface area contributed by atoms with Crippen molar-refractivity contribution in [1.82, 2.24) is 5.32 Å². The lowest BCUT2D eigenvalue weighted by molar-refractivity contribution is 0.0939. The zero-order valence-corrected chi connectivity index (χ0v) is 11.0. The van der Waals surface area contributed by atoms with Crippen molar-refractivity contribution in [3.63, 3.8) is 0 Å². The zero-order chi connectivity index (χ0) is 11.4. The number of hydrogen-bond acceptors (Lipinski definition) is 1. The number of hydrogen-bond donors (Lipinski definition) is 1. The van der Waals surface area contributed by atoms with Crippen molar-refractivity contribution in [3.05, 3.63) is 33.3 Å². The highest BCUT2D eigenvalue weighted by atomic mass is 79.9. The number of carbonyl (C=O) groups is 1. The molecule has 0 saturated carbocycles. The largest absolute Gasteiger partial charge is 0.350 e. The highest BCUT2D eigenvalue weighted by molar-refractivity contribution is 9.10. The van der Waals surface area contributed by atoms with Crippen LogP contribution in [0.25, 0.3) is 0 Å². The van der Waals surface area contributed by atoms with Crippen molar-refractivity contribution in [2.24, 2.45) is 0 Å². The third kappa shape index (κ3) is 3.50. The predicted octanol–water partition coefficient (Wildman–Crippen LogP) is 3.63. The molecular weight excluding hydrogens is 277 g/mol. The molecule has 82 valence electrons. The number of rotatable bonds is 3. The van der Waals surface area contributed by atoms with Gasteiger partial charge in [-0.1, -0.05) is 34.5 Å². The van der Waals surface area contributed by atoms with Crippen molar-refractivity contribution >= 4 is 33.4 Å². The van der Waals surface area contributed by atoms with E-state index in [0.717, 1.165) is 10.9 Å². The Balaban J connectivity index is 2.86. The molecule has 0 fully saturated rings. The molecule has 1 aromatic carbocycles. The van der Waals surface area contributed by atoms with Gasteiger partial charge in [-0.2, -0.15) is 0 Å². The van der Waals surface area contributed by atoms with Crippen molar-refractivity contribution < 1.29 is 4.79 Å². The number of carbonyl (C=O) groups excluding carboxylic acids is 1. The number of amides is 1. The molecule has 0 bridgehead atoms. The quantitative estimate of drug-likeness (QED) is 0.905. The summed E-state index contributed by atoms with van der Waals surface area (Å²) in [6.07, 6.45) is 0.900. The Hall–Kier alpha value is -0.540. The van der Waals surface area contributed by atoms with Crippen molar-refractivity contribution in [2.75, 3.05) is 0 Å². The Labute approximate surface area is 103 Å². The molecule has 0 saturated heterocycles. The van der Waals surface area contributed by atoms with E-state index in [-0.39, 0.29) is 11.9 Å². The van der Waals surface area contributed by atoms with Crippen LogP contribution in [0.1, 0.15) is 30.6 Å². The molecule has 0 aromatic heterocycles. The third-order valence-electron chi connectivity index (χ3n) is 2.16. The average Bonchev–Trinajstić information content (AvgIpc) is 2.21. The highest BCUT2D eigenvalue weighted by Gasteiger charge is 2.12. The van der Waals surface area contributed by atoms with E-state index in [1.807, 2.05) is 19.9 Å². The standard InChI is InChI=1S/C11H13BrClNO/c1-3-7(2)14-11(15)9-6-8(12)4-5-10(9)13/h4-7H,3H2,1-2H3,(H,14,15). The Morgan fingerprint density at radius 1 is 1.60 bits per heavy atom. The van der Waals surface area contributed by atoms with Gasteiger partial charge in [-0.05, 0) is 31.5 Å². The lowest BCUT2D eigenvalue weighted by atomic mass is 10.2. The Morgan fingerprint density at radius 2 is 2.27 bits per heavy atom. The predicted molar refractivity (Wildman–Crippen MR) is 66.4 cm³/mol. The Kier molecular flexibility index (Phi) is 4.61. The maximum atomic E-state index is 11.8. The van der Waals surface area contributed by atoms with Gasteiger partial charge in [0.25, 0.3) is 5.91 Å². The molecule has 0 radical (unpaired) electrons. The van der Waals surface area contributed by atoms with E-state index in [1.54, 1.807) is 12.1 Å². The Bertz CT molecular complexity index is 368. The minimum absolute atomic E-state index is 0.129. The molecule has 15 heavy (non-hydrogen) atoms. The summed E-state index contributed by atoms with van der Waals surface area (Å²) < 4.78 is 0.848. The first kappa shape index (κ1) is 12.5. The molecule has 0 heterocycles. The van der Waals surface area contributed by atoms with E-state index < -0.39 is 0 Å². The second kappa shape index (κ2) is 5.52. The molecule has 1 aromatic rings. The van der Waals surface area contributed by atoms with Gasteiger partial charge in [-0.25, -0.2) is 0 Å². The van der Waals surface area contributed by atoms with Crippen LogP contribution >= 0.6 is 27.5 Å². The van der Waals surface area contributed by atoms with Gasteiger partial charge < -0.3 is 5.32 Å². The van der Waals surface area contributed by atoms with Crippen LogP contribution in [-0.4, -0.2) is 11.9 Å². The summed E-state index contributed by atoms with van der Waals surface area (Å²) in [5, 5.41) is 3.34. The smallest absolute Gasteiger partial charge is 0.253 e. The summed E-state index contributed by atoms with van der Waals surface area (Å²) in [6.45, 7) is 3.98. The van der Waals surface area contributed by atoms with Gasteiger partial charge in [0.15, 0.2) is 0 Å². The van der Waals surface area contributed by atoms with E-state index >= 15 is 0 Å². The SMILES string of the molecule is CCC(C)NC(=O)c1cc(Br)ccc1Cl. The van der Waals surface area contributed by atoms with Gasteiger partial charge in [0.05, 0.1) is 10.6 Å². The normalized spacial score (nSPS) is 12.3. The minimum Gasteiger partial charge on any atom is -0.350 e. The summed E-state index contributed by atoms with van der Waals surface area (Å²) in [7, 11) is 0. The monoisotopic (exact) mass is 289 g/mol. The molecule has 1 rings (SSSR count). The fourth-order valence-electron chi connectivity index (χ4n) is 1.08. The first-order chi connectivity index (χ1) is 7.04. The second-order valence-electron chi connectivity index (χ2n) is 3.41. The summed E-state index contributed by atoms with van der Waals surface area (Å²) in [5.74, 6) is -0.129. The van der Waals surface area contributed by atoms with Crippen LogP contribution in [0.2, 0.25) is 5.02 Å². The summed E-state index contributed by atoms with van der Waals surface area (Å²) >= 11 is 9.25. The van der Waals surface area contributed by atoms with Crippen LogP contribution in [0.4, 0.5) is 0 Å². The van der Waals surface area contributed by atoms with Gasteiger partial charge in [0.1, 0.15) is 0 Å². The molecule has 4 heteroatoms. The van der Waals surface area contributed by atoms with Crippen molar-refractivity contribution in [2.45, 2.75) is 26.3 Å². The van der Waals surface area contributed by atoms with E-state index in [4.69, 9.17) is 11.6 Å². The average molecular weight is 291 g/mol. The minimum atomic E-state index is -0.129. The topological polar surface area (TPSA) is 29.1 Å². The maximum absolute atomic E-state index is 11.8. The van der Waals surface area contributed by atoms with Gasteiger partial charge in [-0.3, -0.25) is 4.79 Å². The lowest BCUT2D eigenvalue weighted by Crippen LogP contribution is -2.32. The second-order valence-corrected chi connectivity index (χ2v) is 4.73. The van der Waals surface area contributed by atoms with E-state index in [9.17, 15) is 4.79 Å². The van der Waals surface area contributed by atoms with Crippen LogP contribution in [-0.2, 0) is 0 Å². The van der Waals surface area contributed by atoms with Crippen LogP contribution in [0.15, 0.2) is 22.7 Å². The van der Waals surface area contributed by atoms with Gasteiger partial charge in [0, 0.05) is 10.5 Å². The molecule has 1 N–H and O–H groups in total. The summed E-state index contributed by atoms with van der Waals surface area (Å²) in [5.41, 5.74) is 0.506. The lowest BCUT2D eigenvalue weighted by Gasteiger charge is -2.12. The number of nitrogens with one attached hydrogen (secondary N) is 1. The first-order valence-electron chi connectivity index (χ1n) is 4.80. The molecular formula is C11H13BrClNO. The molecule has 0 aliphatic heterocycles. The van der Waals surface area contributed by atoms with Crippen LogP contribution in [0.5, 0.6) is 0 Å². The van der Waals surface area contributed by atoms with Crippen LogP contribution in [0, 0.1) is 0 Å². The molecule has 1 unspecified atom stereocenters. The molecule has 1 atom stereocenters. The van der Waals surface area contributed by atoms with E-state index in [0.29, 0.717) is 10.6 Å². The van der Waals surface area contributed by atoms with Crippen LogP contribution < -0.4 is 5.32 Å². The van der Waals surface area contributed by atoms with E-state index in [1.165, 1.54) is 0 Å². The Morgan fingerprint density at radius 3 is 2.87 bits per heavy atom. The van der Waals surface area contributed by atoms with Gasteiger partial charge in [-0.15, -0.1) is 0 Å². The molecule has 0 spiro atoms. The van der Waals surface area contributed by atoms with E-state index in [2.05, 4.69) is 21.2 Å². The summed E-state index contributed by atoms with van der Waals surface area (Å²) in [4.78, 5) is 11.8. The molecule has 2 nitrogen and oxygen atoms in total. The highest BCUT2D eigenvalue weighted by Crippen LogP contribution is 2.20. The zero-order valence-electron chi connectivity index (χ0n) is 8.68. The third-order valence-corrected chi connectivity index (χ3v) is 2.99. The molecule has 1 amide bonds. The summed E-state index contributed by atoms with van der Waals surface area (Å²) in [6, 6.07) is 5.40.